The van der Waals surface area contributed by atoms with Crippen LogP contribution in [0.5, 0.6) is 0 Å². The Labute approximate surface area is 108 Å². The zero-order chi connectivity index (χ0) is 13.1. The van der Waals surface area contributed by atoms with Gasteiger partial charge in [0.2, 0.25) is 0 Å². The molecule has 1 aromatic carbocycles. The quantitative estimate of drug-likeness (QED) is 0.822. The first-order chi connectivity index (χ1) is 7.86. The van der Waals surface area contributed by atoms with Crippen molar-refractivity contribution >= 4 is 17.4 Å². The van der Waals surface area contributed by atoms with E-state index in [1.807, 2.05) is 39.0 Å². The topological polar surface area (TPSA) is 26.3 Å². The zero-order valence-corrected chi connectivity index (χ0v) is 11.5. The lowest BCUT2D eigenvalue weighted by molar-refractivity contribution is -0.134. The summed E-state index contributed by atoms with van der Waals surface area (Å²) in [5.41, 5.74) is 0.651. The number of rotatable bonds is 4. The molecule has 0 heterocycles. The first kappa shape index (κ1) is 14.2. The highest BCUT2D eigenvalue weighted by Gasteiger charge is 2.31. The van der Waals surface area contributed by atoms with Crippen molar-refractivity contribution in [3.63, 3.8) is 0 Å². The molecule has 3 heteroatoms. The average Bonchev–Trinajstić information content (AvgIpc) is 2.20. The van der Waals surface area contributed by atoms with E-state index in [9.17, 15) is 4.79 Å². The van der Waals surface area contributed by atoms with Crippen LogP contribution in [0, 0.1) is 5.41 Å². The minimum atomic E-state index is -0.404. The number of carbonyl (C=O) groups excluding carboxylic acids is 1. The van der Waals surface area contributed by atoms with Gasteiger partial charge < -0.3 is 4.74 Å². The van der Waals surface area contributed by atoms with Gasteiger partial charge in [0.25, 0.3) is 0 Å². The minimum Gasteiger partial charge on any atom is -0.373 e. The molecule has 0 N–H and O–H groups in total. The van der Waals surface area contributed by atoms with Crippen molar-refractivity contribution in [2.45, 2.75) is 33.3 Å². The molecule has 0 spiro atoms. The van der Waals surface area contributed by atoms with Crippen LogP contribution in [-0.4, -0.2) is 19.0 Å². The fourth-order valence-electron chi connectivity index (χ4n) is 1.89. The molecule has 0 aliphatic heterocycles. The van der Waals surface area contributed by atoms with Gasteiger partial charge in [0.05, 0.1) is 0 Å². The maximum atomic E-state index is 12.2. The molecule has 1 rings (SSSR count). The van der Waals surface area contributed by atoms with Gasteiger partial charge >= 0.3 is 0 Å². The number of benzene rings is 1. The van der Waals surface area contributed by atoms with Gasteiger partial charge in [0, 0.05) is 18.6 Å². The third kappa shape index (κ3) is 3.83. The van der Waals surface area contributed by atoms with Crippen molar-refractivity contribution < 1.29 is 9.53 Å². The second kappa shape index (κ2) is 5.65. The second-order valence-electron chi connectivity index (χ2n) is 5.22. The van der Waals surface area contributed by atoms with E-state index >= 15 is 0 Å². The van der Waals surface area contributed by atoms with Crippen LogP contribution in [0.4, 0.5) is 0 Å². The van der Waals surface area contributed by atoms with Crippen LogP contribution < -0.4 is 0 Å². The van der Waals surface area contributed by atoms with Gasteiger partial charge in [-0.3, -0.25) is 4.79 Å². The normalized spacial score (nSPS) is 13.5. The third-order valence-corrected chi connectivity index (χ3v) is 3.01. The fourth-order valence-corrected chi connectivity index (χ4v) is 2.09. The number of halogens is 1. The molecule has 0 amide bonds. The molecule has 0 saturated carbocycles. The van der Waals surface area contributed by atoms with E-state index < -0.39 is 6.10 Å². The van der Waals surface area contributed by atoms with Gasteiger partial charge in [-0.15, -0.1) is 0 Å². The Hall–Kier alpha value is -0.860. The van der Waals surface area contributed by atoms with Gasteiger partial charge in [0.1, 0.15) is 6.10 Å². The molecule has 2 nitrogen and oxygen atoms in total. The lowest BCUT2D eigenvalue weighted by Crippen LogP contribution is -2.37. The number of hydrogen-bond donors (Lipinski definition) is 0. The van der Waals surface area contributed by atoms with E-state index in [0.717, 1.165) is 5.56 Å². The molecule has 0 aliphatic rings. The smallest absolute Gasteiger partial charge is 0.166 e. The molecular weight excluding hydrogens is 236 g/mol. The second-order valence-corrected chi connectivity index (χ2v) is 5.62. The predicted octanol–water partition coefficient (Wildman–Crippen LogP) is 3.51. The summed E-state index contributed by atoms with van der Waals surface area (Å²) in [6, 6.07) is 7.40. The number of hydrogen-bond acceptors (Lipinski definition) is 2. The Morgan fingerprint density at radius 3 is 2.41 bits per heavy atom. The number of carbonyl (C=O) groups is 1. The Morgan fingerprint density at radius 2 is 1.94 bits per heavy atom. The van der Waals surface area contributed by atoms with Crippen molar-refractivity contribution in [3.05, 3.63) is 34.9 Å². The number of methoxy groups -OCH3 is 1. The zero-order valence-electron chi connectivity index (χ0n) is 10.8. The molecule has 0 fully saturated rings. The summed E-state index contributed by atoms with van der Waals surface area (Å²) in [5, 5.41) is 0.629. The molecule has 1 atom stereocenters. The summed E-state index contributed by atoms with van der Waals surface area (Å²) in [6.45, 7) is 5.98. The molecule has 0 radical (unpaired) electrons. The van der Waals surface area contributed by atoms with Crippen LogP contribution in [0.1, 0.15) is 26.3 Å². The first-order valence-corrected chi connectivity index (χ1v) is 6.03. The maximum Gasteiger partial charge on any atom is 0.166 e. The first-order valence-electron chi connectivity index (χ1n) is 5.65. The van der Waals surface area contributed by atoms with Crippen molar-refractivity contribution in [2.24, 2.45) is 5.41 Å². The summed E-state index contributed by atoms with van der Waals surface area (Å²) < 4.78 is 5.30. The van der Waals surface area contributed by atoms with E-state index in [-0.39, 0.29) is 11.2 Å². The fraction of sp³-hybridized carbons (Fsp3) is 0.500. The van der Waals surface area contributed by atoms with Crippen LogP contribution in [-0.2, 0) is 16.0 Å². The molecular formula is C14H19ClO2. The predicted molar refractivity (Wildman–Crippen MR) is 70.4 cm³/mol. The van der Waals surface area contributed by atoms with E-state index in [4.69, 9.17) is 16.3 Å². The van der Waals surface area contributed by atoms with E-state index in [2.05, 4.69) is 0 Å². The largest absolute Gasteiger partial charge is 0.373 e. The minimum absolute atomic E-state index is 0.0631. The molecule has 94 valence electrons. The van der Waals surface area contributed by atoms with E-state index in [1.54, 1.807) is 13.2 Å². The SMILES string of the molecule is COC(C(=O)Cc1ccccc1Cl)C(C)(C)C. The van der Waals surface area contributed by atoms with E-state index in [1.165, 1.54) is 0 Å². The van der Waals surface area contributed by atoms with Crippen LogP contribution in [0.2, 0.25) is 5.02 Å². The van der Waals surface area contributed by atoms with Gasteiger partial charge in [0.15, 0.2) is 5.78 Å². The Balaban J connectivity index is 2.82. The van der Waals surface area contributed by atoms with Crippen molar-refractivity contribution in [2.75, 3.05) is 7.11 Å². The highest BCUT2D eigenvalue weighted by atomic mass is 35.5. The molecule has 1 unspecified atom stereocenters. The van der Waals surface area contributed by atoms with Gasteiger partial charge in [-0.05, 0) is 17.0 Å². The van der Waals surface area contributed by atoms with Crippen LogP contribution in [0.25, 0.3) is 0 Å². The monoisotopic (exact) mass is 254 g/mol. The summed E-state index contributed by atoms with van der Waals surface area (Å²) in [4.78, 5) is 12.2. The van der Waals surface area contributed by atoms with Gasteiger partial charge in [-0.1, -0.05) is 50.6 Å². The summed E-state index contributed by atoms with van der Waals surface area (Å²) in [7, 11) is 1.57. The lowest BCUT2D eigenvalue weighted by atomic mass is 9.84. The van der Waals surface area contributed by atoms with Crippen LogP contribution >= 0.6 is 11.6 Å². The number of ether oxygens (including phenoxy) is 1. The van der Waals surface area contributed by atoms with Crippen LogP contribution in [0.3, 0.4) is 0 Å². The molecule has 1 aromatic rings. The number of ketones is 1. The van der Waals surface area contributed by atoms with Gasteiger partial charge in [-0.25, -0.2) is 0 Å². The van der Waals surface area contributed by atoms with Crippen molar-refractivity contribution in [3.8, 4) is 0 Å². The van der Waals surface area contributed by atoms with E-state index in [0.29, 0.717) is 11.4 Å². The standard InChI is InChI=1S/C14H19ClO2/c1-14(2,3)13(17-4)12(16)9-10-7-5-6-8-11(10)15/h5-8,13H,9H2,1-4H3. The Morgan fingerprint density at radius 1 is 1.35 bits per heavy atom. The van der Waals surface area contributed by atoms with Gasteiger partial charge in [-0.2, -0.15) is 0 Å². The molecule has 0 saturated heterocycles. The molecule has 0 aliphatic carbocycles. The highest BCUT2D eigenvalue weighted by Crippen LogP contribution is 2.25. The lowest BCUT2D eigenvalue weighted by Gasteiger charge is -2.28. The Kier molecular flexibility index (Phi) is 4.72. The summed E-state index contributed by atoms with van der Waals surface area (Å²) >= 11 is 6.04. The van der Waals surface area contributed by atoms with Crippen molar-refractivity contribution in [1.82, 2.24) is 0 Å². The molecule has 17 heavy (non-hydrogen) atoms. The summed E-state index contributed by atoms with van der Waals surface area (Å²) in [6.07, 6.45) is -0.0890. The van der Waals surface area contributed by atoms with Crippen LogP contribution in [0.15, 0.2) is 24.3 Å². The average molecular weight is 255 g/mol. The highest BCUT2D eigenvalue weighted by molar-refractivity contribution is 6.31. The third-order valence-electron chi connectivity index (χ3n) is 2.64. The summed E-state index contributed by atoms with van der Waals surface area (Å²) in [5.74, 6) is 0.0631. The number of Topliss-reactive ketones (excluding diaryl/α,β-unsaturated/α-hetero) is 1. The molecule has 0 aromatic heterocycles. The maximum absolute atomic E-state index is 12.2. The molecule has 0 bridgehead atoms. The van der Waals surface area contributed by atoms with Crippen molar-refractivity contribution in [1.29, 1.82) is 0 Å². The Bertz CT molecular complexity index is 393.